The van der Waals surface area contributed by atoms with Gasteiger partial charge in [0.05, 0.1) is 0 Å². The summed E-state index contributed by atoms with van der Waals surface area (Å²) in [5.41, 5.74) is 2.45. The van der Waals surface area contributed by atoms with Gasteiger partial charge in [-0.3, -0.25) is 9.59 Å². The molecule has 5 nitrogen and oxygen atoms in total. The maximum atomic E-state index is 11.8. The minimum atomic E-state index is -0.149. The Kier molecular flexibility index (Phi) is 5.55. The topological polar surface area (TPSA) is 61.4 Å². The molecular weight excluding hydrogens is 298 g/mol. The van der Waals surface area contributed by atoms with Crippen molar-refractivity contribution < 1.29 is 9.59 Å². The molecule has 0 radical (unpaired) electrons. The summed E-state index contributed by atoms with van der Waals surface area (Å²) in [4.78, 5) is 25.5. The smallest absolute Gasteiger partial charge is 0.252 e. The van der Waals surface area contributed by atoms with E-state index in [1.165, 1.54) is 11.3 Å². The summed E-state index contributed by atoms with van der Waals surface area (Å²) < 4.78 is 0. The van der Waals surface area contributed by atoms with Crippen LogP contribution in [-0.4, -0.2) is 32.5 Å². The summed E-state index contributed by atoms with van der Waals surface area (Å²) in [6, 6.07) is 9.35. The van der Waals surface area contributed by atoms with E-state index < -0.39 is 0 Å². The molecule has 0 fully saturated rings. The number of benzene rings is 1. The largest absolute Gasteiger partial charge is 0.378 e. The zero-order chi connectivity index (χ0) is 15.9. The Hall–Kier alpha value is -2.34. The molecule has 0 saturated heterocycles. The first-order valence-corrected chi connectivity index (χ1v) is 7.88. The minimum Gasteiger partial charge on any atom is -0.378 e. The summed E-state index contributed by atoms with van der Waals surface area (Å²) >= 11 is 1.47. The van der Waals surface area contributed by atoms with Gasteiger partial charge in [0.15, 0.2) is 0 Å². The fourth-order valence-electron chi connectivity index (χ4n) is 1.85. The lowest BCUT2D eigenvalue weighted by atomic mass is 10.2. The van der Waals surface area contributed by atoms with E-state index >= 15 is 0 Å². The fourth-order valence-corrected chi connectivity index (χ4v) is 2.49. The molecule has 1 aromatic carbocycles. The monoisotopic (exact) mass is 317 g/mol. The van der Waals surface area contributed by atoms with Crippen LogP contribution >= 0.6 is 11.3 Å². The first-order valence-electron chi connectivity index (χ1n) is 6.94. The zero-order valence-electron chi connectivity index (χ0n) is 12.6. The Bertz CT molecular complexity index is 621. The van der Waals surface area contributed by atoms with E-state index in [2.05, 4.69) is 10.6 Å². The van der Waals surface area contributed by atoms with Crippen molar-refractivity contribution in [3.05, 3.63) is 46.7 Å². The first kappa shape index (κ1) is 16.0. The van der Waals surface area contributed by atoms with Crippen LogP contribution in [0.4, 0.5) is 11.4 Å². The van der Waals surface area contributed by atoms with Crippen LogP contribution in [0, 0.1) is 0 Å². The van der Waals surface area contributed by atoms with Crippen molar-refractivity contribution in [3.63, 3.8) is 0 Å². The van der Waals surface area contributed by atoms with E-state index in [1.807, 2.05) is 48.6 Å². The molecule has 0 aliphatic heterocycles. The molecule has 0 bridgehead atoms. The molecule has 116 valence electrons. The van der Waals surface area contributed by atoms with Crippen LogP contribution < -0.4 is 15.5 Å². The number of hydrogen-bond acceptors (Lipinski definition) is 4. The predicted molar refractivity (Wildman–Crippen MR) is 90.7 cm³/mol. The van der Waals surface area contributed by atoms with Gasteiger partial charge in [-0.1, -0.05) is 0 Å². The van der Waals surface area contributed by atoms with Crippen molar-refractivity contribution in [2.75, 3.05) is 30.9 Å². The molecule has 0 atom stereocenters. The Labute approximate surface area is 134 Å². The van der Waals surface area contributed by atoms with E-state index in [9.17, 15) is 9.59 Å². The standard InChI is InChI=1S/C16H19N3O2S/c1-19(2)14-5-3-13(4-6-14)18-15(20)7-9-17-16(21)12-8-10-22-11-12/h3-6,8,10-11H,7,9H2,1-2H3,(H,17,21)(H,18,20). The van der Waals surface area contributed by atoms with Gasteiger partial charge in [-0.2, -0.15) is 11.3 Å². The van der Waals surface area contributed by atoms with E-state index in [4.69, 9.17) is 0 Å². The number of nitrogens with one attached hydrogen (secondary N) is 2. The number of anilines is 2. The molecule has 2 aromatic rings. The van der Waals surface area contributed by atoms with Crippen LogP contribution in [0.3, 0.4) is 0 Å². The van der Waals surface area contributed by atoms with Gasteiger partial charge in [0.25, 0.3) is 5.91 Å². The van der Waals surface area contributed by atoms with Crippen molar-refractivity contribution >= 4 is 34.5 Å². The van der Waals surface area contributed by atoms with Crippen LogP contribution in [-0.2, 0) is 4.79 Å². The van der Waals surface area contributed by atoms with Crippen LogP contribution in [0.15, 0.2) is 41.1 Å². The van der Waals surface area contributed by atoms with Crippen LogP contribution in [0.1, 0.15) is 16.8 Å². The van der Waals surface area contributed by atoms with Gasteiger partial charge in [-0.05, 0) is 35.7 Å². The summed E-state index contributed by atoms with van der Waals surface area (Å²) in [6.07, 6.45) is 0.241. The molecule has 1 aromatic heterocycles. The number of rotatable bonds is 6. The molecule has 2 N–H and O–H groups in total. The van der Waals surface area contributed by atoms with Gasteiger partial charge in [-0.15, -0.1) is 0 Å². The molecule has 0 saturated carbocycles. The highest BCUT2D eigenvalue weighted by Gasteiger charge is 2.07. The molecule has 0 spiro atoms. The normalized spacial score (nSPS) is 10.1. The Morgan fingerprint density at radius 3 is 2.45 bits per heavy atom. The second kappa shape index (κ2) is 7.61. The maximum Gasteiger partial charge on any atom is 0.252 e. The lowest BCUT2D eigenvalue weighted by molar-refractivity contribution is -0.116. The van der Waals surface area contributed by atoms with Gasteiger partial charge in [0, 0.05) is 49.4 Å². The van der Waals surface area contributed by atoms with Gasteiger partial charge in [0.1, 0.15) is 0 Å². The molecule has 1 heterocycles. The lowest BCUT2D eigenvalue weighted by Crippen LogP contribution is -2.27. The summed E-state index contributed by atoms with van der Waals surface area (Å²) in [5, 5.41) is 9.16. The van der Waals surface area contributed by atoms with E-state index in [0.717, 1.165) is 11.4 Å². The third-order valence-corrected chi connectivity index (χ3v) is 3.77. The SMILES string of the molecule is CN(C)c1ccc(NC(=O)CCNC(=O)c2ccsc2)cc1. The highest BCUT2D eigenvalue weighted by Crippen LogP contribution is 2.15. The predicted octanol–water partition coefficient (Wildman–Crippen LogP) is 2.57. The summed E-state index contributed by atoms with van der Waals surface area (Å²) in [7, 11) is 3.92. The minimum absolute atomic E-state index is 0.122. The number of carbonyl (C=O) groups is 2. The van der Waals surface area contributed by atoms with Crippen LogP contribution in [0.5, 0.6) is 0 Å². The van der Waals surface area contributed by atoms with Gasteiger partial charge in [0.2, 0.25) is 5.91 Å². The second-order valence-corrected chi connectivity index (χ2v) is 5.79. The number of thiophene rings is 1. The van der Waals surface area contributed by atoms with Crippen LogP contribution in [0.2, 0.25) is 0 Å². The van der Waals surface area contributed by atoms with Crippen molar-refractivity contribution in [2.24, 2.45) is 0 Å². The van der Waals surface area contributed by atoms with E-state index in [0.29, 0.717) is 12.1 Å². The highest BCUT2D eigenvalue weighted by molar-refractivity contribution is 7.08. The average Bonchev–Trinajstić information content (AvgIpc) is 3.02. The molecule has 0 unspecified atom stereocenters. The molecule has 2 rings (SSSR count). The number of hydrogen-bond donors (Lipinski definition) is 2. The van der Waals surface area contributed by atoms with Gasteiger partial charge >= 0.3 is 0 Å². The molecule has 0 aliphatic carbocycles. The fraction of sp³-hybridized carbons (Fsp3) is 0.250. The first-order chi connectivity index (χ1) is 10.6. The molecule has 22 heavy (non-hydrogen) atoms. The highest BCUT2D eigenvalue weighted by atomic mass is 32.1. The Balaban J connectivity index is 1.75. The molecule has 2 amide bonds. The zero-order valence-corrected chi connectivity index (χ0v) is 13.4. The number of amides is 2. The average molecular weight is 317 g/mol. The Morgan fingerprint density at radius 1 is 1.14 bits per heavy atom. The third kappa shape index (κ3) is 4.60. The quantitative estimate of drug-likeness (QED) is 0.861. The number of carbonyl (C=O) groups excluding carboxylic acids is 2. The van der Waals surface area contributed by atoms with Crippen LogP contribution in [0.25, 0.3) is 0 Å². The molecule has 0 aliphatic rings. The van der Waals surface area contributed by atoms with Crippen molar-refractivity contribution in [1.82, 2.24) is 5.32 Å². The van der Waals surface area contributed by atoms with Gasteiger partial charge < -0.3 is 15.5 Å². The Morgan fingerprint density at radius 2 is 1.86 bits per heavy atom. The molecule has 6 heteroatoms. The van der Waals surface area contributed by atoms with Crippen molar-refractivity contribution in [2.45, 2.75) is 6.42 Å². The summed E-state index contributed by atoms with van der Waals surface area (Å²) in [6.45, 7) is 0.316. The third-order valence-electron chi connectivity index (χ3n) is 3.09. The van der Waals surface area contributed by atoms with Gasteiger partial charge in [-0.25, -0.2) is 0 Å². The van der Waals surface area contributed by atoms with E-state index in [-0.39, 0.29) is 18.2 Å². The second-order valence-electron chi connectivity index (χ2n) is 5.01. The van der Waals surface area contributed by atoms with Crippen molar-refractivity contribution in [1.29, 1.82) is 0 Å². The molecular formula is C16H19N3O2S. The van der Waals surface area contributed by atoms with Crippen molar-refractivity contribution in [3.8, 4) is 0 Å². The summed E-state index contributed by atoms with van der Waals surface area (Å²) in [5.74, 6) is -0.271. The lowest BCUT2D eigenvalue weighted by Gasteiger charge is -2.13. The maximum absolute atomic E-state index is 11.8. The number of nitrogens with zero attached hydrogens (tertiary/aromatic N) is 1. The van der Waals surface area contributed by atoms with E-state index in [1.54, 1.807) is 11.4 Å².